The van der Waals surface area contributed by atoms with Crippen LogP contribution in [0.3, 0.4) is 0 Å². The first-order valence-electron chi connectivity index (χ1n) is 5.63. The van der Waals surface area contributed by atoms with Crippen LogP contribution >= 0.6 is 0 Å². The van der Waals surface area contributed by atoms with Crippen molar-refractivity contribution in [2.24, 2.45) is 0 Å². The van der Waals surface area contributed by atoms with E-state index in [2.05, 4.69) is 23.7 Å². The molecule has 2 aromatic rings. The Morgan fingerprint density at radius 3 is 1.89 bits per heavy atom. The maximum Gasteiger partial charge on any atom is 0.279 e. The minimum Gasteiger partial charge on any atom is -0.270 e. The highest BCUT2D eigenvalue weighted by Crippen LogP contribution is 2.00. The maximum atomic E-state index is 12.7. The van der Waals surface area contributed by atoms with E-state index in [-0.39, 0.29) is 5.82 Å². The van der Waals surface area contributed by atoms with E-state index in [1.165, 1.54) is 24.3 Å². The topological polar surface area (TPSA) is 17.1 Å². The van der Waals surface area contributed by atoms with Gasteiger partial charge in [0.1, 0.15) is 5.82 Å². The summed E-state index contributed by atoms with van der Waals surface area (Å²) >= 11 is 0. The highest BCUT2D eigenvalue weighted by Gasteiger charge is 1.91. The first kappa shape index (κ1) is 12.6. The molecule has 2 aromatic carbocycles. The summed E-state index contributed by atoms with van der Waals surface area (Å²) < 4.78 is 12.7. The van der Waals surface area contributed by atoms with Gasteiger partial charge in [0.15, 0.2) is 0 Å². The van der Waals surface area contributed by atoms with Crippen LogP contribution in [0.2, 0.25) is 0 Å². The van der Waals surface area contributed by atoms with E-state index in [1.54, 1.807) is 0 Å². The van der Waals surface area contributed by atoms with Gasteiger partial charge in [0.25, 0.3) is 5.78 Å². The van der Waals surface area contributed by atoms with Gasteiger partial charge in [0.2, 0.25) is 0 Å². The fourth-order valence-corrected chi connectivity index (χ4v) is 1.34. The zero-order valence-electron chi connectivity index (χ0n) is 9.98. The van der Waals surface area contributed by atoms with Gasteiger partial charge in [-0.25, -0.2) is 4.39 Å². The fourth-order valence-electron chi connectivity index (χ4n) is 1.34. The number of carbonyl (C=O) groups is 1. The molecule has 0 unspecified atom stereocenters. The number of hydrogen-bond donors (Lipinski definition) is 0. The summed E-state index contributed by atoms with van der Waals surface area (Å²) in [7, 11) is 0. The molecule has 0 radical (unpaired) electrons. The third-order valence-corrected chi connectivity index (χ3v) is 2.26. The number of rotatable bonds is 0. The zero-order valence-corrected chi connectivity index (χ0v) is 9.98. The number of Topliss-reactive ketones (excluding diaryl/α,β-unsaturated/α-hetero) is 1. The largest absolute Gasteiger partial charge is 0.279 e. The van der Waals surface area contributed by atoms with E-state index in [4.69, 9.17) is 0 Å². The molecule has 0 saturated heterocycles. The number of ketones is 1. The molecule has 2 heteroatoms. The average Bonchev–Trinajstić information content (AvgIpc) is 2.45. The van der Waals surface area contributed by atoms with Crippen molar-refractivity contribution >= 4 is 5.78 Å². The van der Waals surface area contributed by atoms with Crippen molar-refractivity contribution in [3.8, 4) is 23.7 Å². The zero-order chi connectivity index (χ0) is 13.5. The van der Waals surface area contributed by atoms with Crippen LogP contribution in [0.15, 0.2) is 54.6 Å². The maximum absolute atomic E-state index is 12.7. The molecule has 1 nitrogen and oxygen atoms in total. The van der Waals surface area contributed by atoms with Gasteiger partial charge >= 0.3 is 0 Å². The van der Waals surface area contributed by atoms with Crippen molar-refractivity contribution in [2.75, 3.05) is 0 Å². The fraction of sp³-hybridized carbons (Fsp3) is 0. The molecule has 0 heterocycles. The lowest BCUT2D eigenvalue weighted by atomic mass is 10.2. The van der Waals surface area contributed by atoms with Crippen molar-refractivity contribution in [1.82, 2.24) is 0 Å². The van der Waals surface area contributed by atoms with Crippen LogP contribution in [0, 0.1) is 29.5 Å². The summed E-state index contributed by atoms with van der Waals surface area (Å²) in [6.07, 6.45) is 0. The second kappa shape index (κ2) is 6.19. The van der Waals surface area contributed by atoms with Crippen LogP contribution in [0.5, 0.6) is 0 Å². The van der Waals surface area contributed by atoms with Gasteiger partial charge in [-0.05, 0) is 48.2 Å². The Balaban J connectivity index is 2.07. The van der Waals surface area contributed by atoms with Gasteiger partial charge in [-0.1, -0.05) is 30.0 Å². The lowest BCUT2D eigenvalue weighted by Crippen LogP contribution is -1.87. The highest BCUT2D eigenvalue weighted by atomic mass is 19.1. The Hall–Kier alpha value is -2.84. The van der Waals surface area contributed by atoms with Crippen LogP contribution in [0.25, 0.3) is 0 Å². The molecular formula is C17H9FO. The van der Waals surface area contributed by atoms with Gasteiger partial charge in [0.05, 0.1) is 0 Å². The number of benzene rings is 2. The molecule has 2 rings (SSSR count). The predicted octanol–water partition coefficient (Wildman–Crippen LogP) is 2.80. The molecule has 19 heavy (non-hydrogen) atoms. The summed E-state index contributed by atoms with van der Waals surface area (Å²) in [5, 5.41) is 0. The van der Waals surface area contributed by atoms with Crippen LogP contribution in [0.4, 0.5) is 4.39 Å². The smallest absolute Gasteiger partial charge is 0.270 e. The van der Waals surface area contributed by atoms with Crippen LogP contribution < -0.4 is 0 Å². The monoisotopic (exact) mass is 248 g/mol. The quantitative estimate of drug-likeness (QED) is 0.655. The molecule has 0 aliphatic carbocycles. The lowest BCUT2D eigenvalue weighted by Gasteiger charge is -1.88. The first-order valence-corrected chi connectivity index (χ1v) is 5.63. The van der Waals surface area contributed by atoms with E-state index in [0.29, 0.717) is 5.56 Å². The molecule has 0 aromatic heterocycles. The van der Waals surface area contributed by atoms with Crippen molar-refractivity contribution in [2.45, 2.75) is 0 Å². The Bertz CT molecular complexity index is 692. The molecule has 0 N–H and O–H groups in total. The molecule has 0 aliphatic rings. The number of halogens is 1. The van der Waals surface area contributed by atoms with Crippen LogP contribution in [-0.4, -0.2) is 5.78 Å². The van der Waals surface area contributed by atoms with Gasteiger partial charge in [-0.2, -0.15) is 0 Å². The number of carbonyl (C=O) groups excluding carboxylic acids is 1. The molecule has 0 amide bonds. The van der Waals surface area contributed by atoms with Crippen LogP contribution in [-0.2, 0) is 4.79 Å². The summed E-state index contributed by atoms with van der Waals surface area (Å²) in [5.74, 6) is 9.42. The van der Waals surface area contributed by atoms with E-state index in [0.717, 1.165) is 5.56 Å². The van der Waals surface area contributed by atoms with Crippen molar-refractivity contribution in [3.05, 3.63) is 71.5 Å². The number of hydrogen-bond acceptors (Lipinski definition) is 1. The Labute approximate surface area is 111 Å². The predicted molar refractivity (Wildman–Crippen MR) is 71.6 cm³/mol. The molecule has 0 spiro atoms. The second-order valence-electron chi connectivity index (χ2n) is 3.70. The van der Waals surface area contributed by atoms with E-state index in [1.807, 2.05) is 30.3 Å². The van der Waals surface area contributed by atoms with Gasteiger partial charge in [0, 0.05) is 11.1 Å². The van der Waals surface area contributed by atoms with Gasteiger partial charge < -0.3 is 0 Å². The summed E-state index contributed by atoms with van der Waals surface area (Å²) in [6.45, 7) is 0. The summed E-state index contributed by atoms with van der Waals surface area (Å²) in [5.41, 5.74) is 1.34. The Kier molecular flexibility index (Phi) is 4.11. The minimum absolute atomic E-state index is 0.333. The Morgan fingerprint density at radius 2 is 1.32 bits per heavy atom. The van der Waals surface area contributed by atoms with Crippen molar-refractivity contribution < 1.29 is 9.18 Å². The van der Waals surface area contributed by atoms with E-state index >= 15 is 0 Å². The van der Waals surface area contributed by atoms with Crippen LogP contribution in [0.1, 0.15) is 11.1 Å². The minimum atomic E-state index is -0.465. The summed E-state index contributed by atoms with van der Waals surface area (Å²) in [6, 6.07) is 14.8. The van der Waals surface area contributed by atoms with Crippen molar-refractivity contribution in [3.63, 3.8) is 0 Å². The van der Waals surface area contributed by atoms with Gasteiger partial charge in [-0.15, -0.1) is 0 Å². The molecule has 0 bridgehead atoms. The molecular weight excluding hydrogens is 239 g/mol. The molecule has 0 aliphatic heterocycles. The SMILES string of the molecule is O=C(C#Cc1ccccc1)C#Cc1ccc(F)cc1. The first-order chi connectivity index (χ1) is 9.24. The van der Waals surface area contributed by atoms with E-state index < -0.39 is 5.78 Å². The molecule has 90 valence electrons. The molecule has 0 saturated carbocycles. The Morgan fingerprint density at radius 1 is 0.789 bits per heavy atom. The normalized spacial score (nSPS) is 8.68. The average molecular weight is 248 g/mol. The molecule has 0 atom stereocenters. The third kappa shape index (κ3) is 4.15. The standard InChI is InChI=1S/C17H9FO/c18-16-10-6-15(7-11-16)9-13-17(19)12-8-14-4-2-1-3-5-14/h1-7,10-11H. The lowest BCUT2D eigenvalue weighted by molar-refractivity contribution is -0.108. The van der Waals surface area contributed by atoms with E-state index in [9.17, 15) is 9.18 Å². The van der Waals surface area contributed by atoms with Gasteiger partial charge in [-0.3, -0.25) is 4.79 Å². The van der Waals surface area contributed by atoms with Crippen molar-refractivity contribution in [1.29, 1.82) is 0 Å². The summed E-state index contributed by atoms with van der Waals surface area (Å²) in [4.78, 5) is 11.4. The second-order valence-corrected chi connectivity index (χ2v) is 3.70. The third-order valence-electron chi connectivity index (χ3n) is 2.26. The highest BCUT2D eigenvalue weighted by molar-refractivity contribution is 6.09. The molecule has 0 fully saturated rings.